The molecule has 0 aliphatic carbocycles. The van der Waals surface area contributed by atoms with Crippen LogP contribution in [0.15, 0.2) is 146 Å². The number of hydrogen-bond acceptors (Lipinski definition) is 10. The fourth-order valence-corrected chi connectivity index (χ4v) is 4.66. The van der Waals surface area contributed by atoms with Crippen LogP contribution in [0.1, 0.15) is 34.2 Å². The van der Waals surface area contributed by atoms with Crippen LogP contribution in [0.2, 0.25) is 0 Å². The van der Waals surface area contributed by atoms with E-state index in [1.54, 1.807) is 0 Å². The Hall–Kier alpha value is -4.22. The van der Waals surface area contributed by atoms with Gasteiger partial charge >= 0.3 is 34.1 Å². The van der Waals surface area contributed by atoms with Gasteiger partial charge in [0.25, 0.3) is 0 Å². The zero-order valence-electron chi connectivity index (χ0n) is 26.2. The van der Waals surface area contributed by atoms with Gasteiger partial charge in [0, 0.05) is 76.4 Å². The van der Waals surface area contributed by atoms with Gasteiger partial charge in [0.1, 0.15) is 0 Å². The molecular weight excluding hydrogens is 704 g/mol. The van der Waals surface area contributed by atoms with Gasteiger partial charge in [-0.2, -0.15) is 0 Å². The Kier molecular flexibility index (Phi) is 20.0. The molecule has 6 aromatic heterocycles. The second kappa shape index (κ2) is 24.0. The molecule has 0 aromatic carbocycles. The first-order valence-electron chi connectivity index (χ1n) is 14.8. The van der Waals surface area contributed by atoms with Crippen LogP contribution in [-0.2, 0) is 73.4 Å². The van der Waals surface area contributed by atoms with Crippen LogP contribution >= 0.6 is 0 Å². The number of aromatic nitrogens is 6. The normalized spacial score (nSPS) is 10.0. The molecule has 0 saturated carbocycles. The summed E-state index contributed by atoms with van der Waals surface area (Å²) >= 11 is 0. The quantitative estimate of drug-likeness (QED) is 0.0857. The third-order valence-corrected chi connectivity index (χ3v) is 6.67. The van der Waals surface area contributed by atoms with Crippen molar-refractivity contribution < 1.29 is 44.7 Å². The van der Waals surface area contributed by atoms with Crippen LogP contribution in [0.4, 0.5) is 0 Å². The third-order valence-electron chi connectivity index (χ3n) is 6.67. The molecule has 12 heteroatoms. The van der Waals surface area contributed by atoms with Crippen molar-refractivity contribution in [2.75, 3.05) is 0 Å². The first-order chi connectivity index (χ1) is 22.8. The van der Waals surface area contributed by atoms with E-state index in [-0.39, 0.29) is 34.1 Å². The van der Waals surface area contributed by atoms with Gasteiger partial charge in [-0.15, -0.1) is 0 Å². The summed E-state index contributed by atoms with van der Waals surface area (Å²) < 4.78 is 0. The van der Waals surface area contributed by atoms with Gasteiger partial charge in [0.15, 0.2) is 0 Å². The van der Waals surface area contributed by atoms with Crippen molar-refractivity contribution >= 4 is 0 Å². The Bertz CT molecular complexity index is 1290. The van der Waals surface area contributed by atoms with E-state index in [1.165, 1.54) is 0 Å². The summed E-state index contributed by atoms with van der Waals surface area (Å²) in [5.41, 5.74) is 6.30. The van der Waals surface area contributed by atoms with Crippen molar-refractivity contribution in [3.05, 3.63) is 181 Å². The van der Waals surface area contributed by atoms with Crippen LogP contribution in [-0.4, -0.2) is 50.2 Å². The molecule has 0 unspecified atom stereocenters. The monoisotopic (exact) mass is 740 g/mol. The smallest absolute Gasteiger partial charge is 0.286 e. The van der Waals surface area contributed by atoms with E-state index in [2.05, 4.69) is 39.7 Å². The summed E-state index contributed by atoms with van der Waals surface area (Å²) in [6.07, 6.45) is 11.0. The number of nitrogens with zero attached hydrogens (tertiary/aromatic N) is 8. The van der Waals surface area contributed by atoms with Crippen LogP contribution in [0.25, 0.3) is 0 Å². The topological polar surface area (TPSA) is 124 Å². The minimum absolute atomic E-state index is 0. The summed E-state index contributed by atoms with van der Waals surface area (Å²) in [5, 5.41) is 12.0. The summed E-state index contributed by atoms with van der Waals surface area (Å²) in [6.45, 7) is 4.63. The minimum Gasteiger partial charge on any atom is -0.286 e. The molecule has 0 aliphatic heterocycles. The van der Waals surface area contributed by atoms with Crippen molar-refractivity contribution in [3.63, 3.8) is 0 Å². The van der Waals surface area contributed by atoms with Crippen LogP contribution in [0.5, 0.6) is 0 Å². The third kappa shape index (κ3) is 15.1. The van der Waals surface area contributed by atoms with E-state index in [1.807, 2.05) is 146 Å². The van der Waals surface area contributed by atoms with Crippen molar-refractivity contribution in [2.24, 2.45) is 0 Å². The molecule has 254 valence electrons. The predicted octanol–water partition coefficient (Wildman–Crippen LogP) is 6.16. The Morgan fingerprint density at radius 3 is 0.604 bits per heavy atom. The van der Waals surface area contributed by atoms with Gasteiger partial charge in [-0.3, -0.25) is 50.2 Å². The SMILES string of the molecule is OO.[Cu+].[Cu+].c1ccc(CN(Cc2ccccn2)Cc2ccccn2)nc1.c1ccc(CN(Cc2ccccn2)Cc2ccccn2)nc1. The molecule has 10 nitrogen and oxygen atoms in total. The molecule has 0 spiro atoms. The molecular formula is C36H38Cu2N8O2+2. The maximum absolute atomic E-state index is 6.00. The van der Waals surface area contributed by atoms with E-state index >= 15 is 0 Å². The Labute approximate surface area is 302 Å². The standard InChI is InChI=1S/2C18H18N4.2Cu.H2O2/c2*1-4-10-19-16(7-1)13-22(14-17-8-2-5-11-20-17)15-18-9-3-6-12-21-18;;;1-2/h2*1-12H,13-15H2;;;1-2H/q;;2*+1;. The molecule has 0 radical (unpaired) electrons. The summed E-state index contributed by atoms with van der Waals surface area (Å²) in [4.78, 5) is 31.1. The van der Waals surface area contributed by atoms with Gasteiger partial charge in [-0.25, -0.2) is 0 Å². The molecule has 0 amide bonds. The Balaban J connectivity index is 0.000000305. The zero-order valence-corrected chi connectivity index (χ0v) is 28.1. The second-order valence-electron chi connectivity index (χ2n) is 10.2. The van der Waals surface area contributed by atoms with E-state index in [0.29, 0.717) is 0 Å². The molecule has 6 rings (SSSR count). The van der Waals surface area contributed by atoms with E-state index in [9.17, 15) is 0 Å². The van der Waals surface area contributed by atoms with Crippen LogP contribution in [0.3, 0.4) is 0 Å². The molecule has 6 aromatic rings. The van der Waals surface area contributed by atoms with Gasteiger partial charge in [-0.05, 0) is 72.8 Å². The summed E-state index contributed by atoms with van der Waals surface area (Å²) in [7, 11) is 0. The van der Waals surface area contributed by atoms with Crippen molar-refractivity contribution in [2.45, 2.75) is 39.3 Å². The van der Waals surface area contributed by atoms with Crippen molar-refractivity contribution in [1.29, 1.82) is 0 Å². The minimum atomic E-state index is 0. The predicted molar refractivity (Wildman–Crippen MR) is 177 cm³/mol. The van der Waals surface area contributed by atoms with Gasteiger partial charge in [0.05, 0.1) is 34.2 Å². The van der Waals surface area contributed by atoms with Crippen molar-refractivity contribution in [3.8, 4) is 0 Å². The van der Waals surface area contributed by atoms with Crippen molar-refractivity contribution in [1.82, 2.24) is 39.7 Å². The Morgan fingerprint density at radius 2 is 0.479 bits per heavy atom. The largest absolute Gasteiger partial charge is 1.00 e. The maximum atomic E-state index is 6.00. The fraction of sp³-hybridized carbons (Fsp3) is 0.167. The summed E-state index contributed by atoms with van der Waals surface area (Å²) in [6, 6.07) is 36.0. The number of hydrogen-bond donors (Lipinski definition) is 2. The second-order valence-corrected chi connectivity index (χ2v) is 10.2. The molecule has 0 aliphatic rings. The van der Waals surface area contributed by atoms with E-state index in [0.717, 1.165) is 73.4 Å². The average molecular weight is 742 g/mol. The molecule has 6 heterocycles. The average Bonchev–Trinajstić information content (AvgIpc) is 3.12. The molecule has 0 bridgehead atoms. The maximum Gasteiger partial charge on any atom is 1.00 e. The molecule has 0 saturated heterocycles. The van der Waals surface area contributed by atoms with Gasteiger partial charge < -0.3 is 0 Å². The molecule has 0 fully saturated rings. The fourth-order valence-electron chi connectivity index (χ4n) is 4.66. The molecule has 48 heavy (non-hydrogen) atoms. The Morgan fingerprint density at radius 1 is 0.312 bits per heavy atom. The first kappa shape index (κ1) is 40.0. The molecule has 0 atom stereocenters. The zero-order chi connectivity index (χ0) is 32.1. The molecule has 2 N–H and O–H groups in total. The van der Waals surface area contributed by atoms with Gasteiger partial charge in [-0.1, -0.05) is 36.4 Å². The number of rotatable bonds is 12. The van der Waals surface area contributed by atoms with Crippen LogP contribution in [0, 0.1) is 0 Å². The van der Waals surface area contributed by atoms with E-state index < -0.39 is 0 Å². The van der Waals surface area contributed by atoms with Crippen LogP contribution < -0.4 is 0 Å². The summed E-state index contributed by atoms with van der Waals surface area (Å²) in [5.74, 6) is 0. The van der Waals surface area contributed by atoms with Gasteiger partial charge in [0.2, 0.25) is 0 Å². The first-order valence-corrected chi connectivity index (χ1v) is 14.8. The number of pyridine rings is 6. The van der Waals surface area contributed by atoms with E-state index in [4.69, 9.17) is 10.5 Å².